The number of carbonyl (C=O) groups excluding carboxylic acids is 1. The van der Waals surface area contributed by atoms with Gasteiger partial charge in [-0.1, -0.05) is 17.7 Å². The zero-order valence-corrected chi connectivity index (χ0v) is 13.0. The van der Waals surface area contributed by atoms with Gasteiger partial charge in [0.15, 0.2) is 0 Å². The van der Waals surface area contributed by atoms with E-state index in [1.165, 1.54) is 11.3 Å². The molecule has 0 radical (unpaired) electrons. The van der Waals surface area contributed by atoms with E-state index < -0.39 is 0 Å². The maximum atomic E-state index is 12.6. The fourth-order valence-corrected chi connectivity index (χ4v) is 3.01. The summed E-state index contributed by atoms with van der Waals surface area (Å²) in [5.74, 6) is -0.0727. The molecule has 2 N–H and O–H groups in total. The molecule has 4 nitrogen and oxygen atoms in total. The third kappa shape index (κ3) is 4.14. The van der Waals surface area contributed by atoms with Crippen LogP contribution in [0.4, 0.5) is 0 Å². The number of aromatic nitrogens is 1. The van der Waals surface area contributed by atoms with Gasteiger partial charge in [0.2, 0.25) is 0 Å². The molecule has 0 aliphatic rings. The summed E-state index contributed by atoms with van der Waals surface area (Å²) in [5.41, 5.74) is 6.84. The number of rotatable bonds is 6. The van der Waals surface area contributed by atoms with Crippen LogP contribution in [-0.2, 0) is 13.1 Å². The smallest absolute Gasteiger partial charge is 0.254 e. The van der Waals surface area contributed by atoms with Gasteiger partial charge < -0.3 is 10.6 Å². The monoisotopic (exact) mass is 321 g/mol. The van der Waals surface area contributed by atoms with Crippen molar-refractivity contribution in [3.05, 3.63) is 63.6 Å². The largest absolute Gasteiger partial charge is 0.330 e. The number of nitrogens with two attached hydrogens (primary N) is 1. The number of halogens is 1. The topological polar surface area (TPSA) is 59.2 Å². The summed E-state index contributed by atoms with van der Waals surface area (Å²) in [4.78, 5) is 19.4. The van der Waals surface area contributed by atoms with Crippen molar-refractivity contribution < 1.29 is 4.79 Å². The number of carbonyl (C=O) groups is 1. The number of hydrogen-bond acceptors (Lipinski definition) is 4. The molecular formula is C15H16ClN3OS. The first-order chi connectivity index (χ1) is 10.1. The molecule has 0 aromatic carbocycles. The van der Waals surface area contributed by atoms with Crippen LogP contribution in [0.5, 0.6) is 0 Å². The molecule has 21 heavy (non-hydrogen) atoms. The number of pyridine rings is 1. The van der Waals surface area contributed by atoms with E-state index in [9.17, 15) is 4.79 Å². The lowest BCUT2D eigenvalue weighted by Gasteiger charge is -2.20. The minimum Gasteiger partial charge on any atom is -0.330 e. The highest BCUT2D eigenvalue weighted by atomic mass is 35.5. The van der Waals surface area contributed by atoms with E-state index in [0.29, 0.717) is 35.2 Å². The summed E-state index contributed by atoms with van der Waals surface area (Å²) in [6.07, 6.45) is 3.31. The molecule has 1 amide bonds. The Bertz CT molecular complexity index is 641. The summed E-state index contributed by atoms with van der Waals surface area (Å²) in [6, 6.07) is 7.17. The fraction of sp³-hybridized carbons (Fsp3) is 0.200. The Labute approximate surface area is 132 Å². The zero-order valence-electron chi connectivity index (χ0n) is 11.5. The molecule has 0 aliphatic carbocycles. The van der Waals surface area contributed by atoms with Crippen molar-refractivity contribution in [3.8, 4) is 0 Å². The van der Waals surface area contributed by atoms with Gasteiger partial charge in [0.25, 0.3) is 5.91 Å². The molecule has 2 heterocycles. The van der Waals surface area contributed by atoms with Crippen molar-refractivity contribution in [3.63, 3.8) is 0 Å². The van der Waals surface area contributed by atoms with Gasteiger partial charge in [-0.3, -0.25) is 9.78 Å². The first-order valence-electron chi connectivity index (χ1n) is 6.43. The summed E-state index contributed by atoms with van der Waals surface area (Å²) in [7, 11) is 0. The van der Waals surface area contributed by atoms with Crippen LogP contribution in [0, 0.1) is 0 Å². The summed E-state index contributed by atoms with van der Waals surface area (Å²) >= 11 is 7.40. The third-order valence-corrected chi connectivity index (χ3v) is 4.10. The molecule has 110 valence electrons. The second-order valence-electron chi connectivity index (χ2n) is 4.42. The Morgan fingerprint density at radius 1 is 1.48 bits per heavy atom. The van der Waals surface area contributed by atoms with E-state index in [1.54, 1.807) is 29.3 Å². The van der Waals surface area contributed by atoms with Crippen LogP contribution < -0.4 is 5.73 Å². The van der Waals surface area contributed by atoms with Crippen LogP contribution in [-0.4, -0.2) is 22.3 Å². The van der Waals surface area contributed by atoms with Gasteiger partial charge in [-0.2, -0.15) is 0 Å². The van der Waals surface area contributed by atoms with Crippen molar-refractivity contribution >= 4 is 28.8 Å². The van der Waals surface area contributed by atoms with Gasteiger partial charge in [0, 0.05) is 29.7 Å². The molecule has 0 spiro atoms. The van der Waals surface area contributed by atoms with Crippen molar-refractivity contribution in [1.82, 2.24) is 9.88 Å². The van der Waals surface area contributed by atoms with Gasteiger partial charge in [-0.05, 0) is 24.3 Å². The predicted octanol–water partition coefficient (Wildman–Crippen LogP) is 3.08. The van der Waals surface area contributed by atoms with Crippen LogP contribution in [0.25, 0.3) is 0 Å². The average molecular weight is 322 g/mol. The molecule has 0 atom stereocenters. The fourth-order valence-electron chi connectivity index (χ4n) is 1.91. The first kappa shape index (κ1) is 15.7. The number of hydrogen-bond donors (Lipinski definition) is 1. The second kappa shape index (κ2) is 7.36. The lowest BCUT2D eigenvalue weighted by atomic mass is 10.2. The second-order valence-corrected chi connectivity index (χ2v) is 6.22. The zero-order chi connectivity index (χ0) is 15.2. The lowest BCUT2D eigenvalue weighted by molar-refractivity contribution is 0.0764. The van der Waals surface area contributed by atoms with Crippen LogP contribution in [0.3, 0.4) is 0 Å². The molecule has 0 bridgehead atoms. The Kier molecular flexibility index (Phi) is 5.50. The molecule has 0 unspecified atom stereocenters. The Morgan fingerprint density at radius 2 is 2.29 bits per heavy atom. The molecule has 0 saturated carbocycles. The summed E-state index contributed by atoms with van der Waals surface area (Å²) in [5, 5.41) is 0. The van der Waals surface area contributed by atoms with Crippen molar-refractivity contribution in [1.29, 1.82) is 0 Å². The average Bonchev–Trinajstić information content (AvgIpc) is 2.91. The van der Waals surface area contributed by atoms with Crippen molar-refractivity contribution in [2.75, 3.05) is 6.54 Å². The molecule has 0 aliphatic heterocycles. The van der Waals surface area contributed by atoms with Crippen molar-refractivity contribution in [2.45, 2.75) is 13.1 Å². The van der Waals surface area contributed by atoms with Crippen LogP contribution in [0.15, 0.2) is 43.1 Å². The predicted molar refractivity (Wildman–Crippen MR) is 86.4 cm³/mol. The lowest BCUT2D eigenvalue weighted by Crippen LogP contribution is -2.30. The molecule has 0 saturated heterocycles. The number of thiophene rings is 1. The van der Waals surface area contributed by atoms with Crippen LogP contribution in [0.1, 0.15) is 20.9 Å². The first-order valence-corrected chi connectivity index (χ1v) is 7.63. The Balaban J connectivity index is 2.19. The van der Waals surface area contributed by atoms with E-state index in [1.807, 2.05) is 12.1 Å². The molecule has 2 aromatic rings. The SMILES string of the molecule is C=CCN(Cc1ccc(Cl)s1)C(=O)c1ccnc(CN)c1. The van der Waals surface area contributed by atoms with Gasteiger partial charge in [-0.15, -0.1) is 17.9 Å². The van der Waals surface area contributed by atoms with Crippen LogP contribution >= 0.6 is 22.9 Å². The maximum absolute atomic E-state index is 12.6. The minimum absolute atomic E-state index is 0.0727. The van der Waals surface area contributed by atoms with E-state index in [4.69, 9.17) is 17.3 Å². The van der Waals surface area contributed by atoms with Crippen molar-refractivity contribution in [2.24, 2.45) is 5.73 Å². The highest BCUT2D eigenvalue weighted by Gasteiger charge is 2.16. The minimum atomic E-state index is -0.0727. The number of nitrogens with zero attached hydrogens (tertiary/aromatic N) is 2. The highest BCUT2D eigenvalue weighted by Crippen LogP contribution is 2.23. The molecule has 2 rings (SSSR count). The van der Waals surface area contributed by atoms with Crippen LogP contribution in [0.2, 0.25) is 4.34 Å². The van der Waals surface area contributed by atoms with Gasteiger partial charge in [-0.25, -0.2) is 0 Å². The Hall–Kier alpha value is -1.69. The van der Waals surface area contributed by atoms with Gasteiger partial charge in [0.05, 0.1) is 16.6 Å². The van der Waals surface area contributed by atoms with E-state index in [2.05, 4.69) is 11.6 Å². The number of amides is 1. The summed E-state index contributed by atoms with van der Waals surface area (Å²) in [6.45, 7) is 4.99. The van der Waals surface area contributed by atoms with Gasteiger partial charge in [0.1, 0.15) is 0 Å². The summed E-state index contributed by atoms with van der Waals surface area (Å²) < 4.78 is 0.713. The molecule has 2 aromatic heterocycles. The van der Waals surface area contributed by atoms with Gasteiger partial charge >= 0.3 is 0 Å². The highest BCUT2D eigenvalue weighted by molar-refractivity contribution is 7.16. The molecular weight excluding hydrogens is 306 g/mol. The quantitative estimate of drug-likeness (QED) is 0.832. The standard InChI is InChI=1S/C15H16ClN3OS/c1-2-7-19(10-13-3-4-14(16)21-13)15(20)11-5-6-18-12(8-11)9-17/h2-6,8H,1,7,9-10,17H2. The molecule has 0 fully saturated rings. The molecule has 6 heteroatoms. The van der Waals surface area contributed by atoms with E-state index in [-0.39, 0.29) is 5.91 Å². The normalized spacial score (nSPS) is 10.4. The van der Waals surface area contributed by atoms with E-state index in [0.717, 1.165) is 4.88 Å². The Morgan fingerprint density at radius 3 is 2.90 bits per heavy atom. The third-order valence-electron chi connectivity index (χ3n) is 2.88. The maximum Gasteiger partial charge on any atom is 0.254 e. The van der Waals surface area contributed by atoms with E-state index >= 15 is 0 Å².